The third kappa shape index (κ3) is 3.22. The first-order valence-electron chi connectivity index (χ1n) is 5.38. The Morgan fingerprint density at radius 2 is 1.63 bits per heavy atom. The molecule has 1 aliphatic rings. The molecule has 0 bridgehead atoms. The SMILES string of the molecule is O=S1(=O)CCN(S(=O)(=O)c2ccc(Cl)c(Cl)c2)CC1. The summed E-state index contributed by atoms with van der Waals surface area (Å²) in [6, 6.07) is 4.02. The molecule has 1 fully saturated rings. The molecule has 0 aliphatic carbocycles. The van der Waals surface area contributed by atoms with Crippen molar-refractivity contribution in [3.8, 4) is 0 Å². The number of nitrogens with zero attached hydrogens (tertiary/aromatic N) is 1. The molecule has 0 radical (unpaired) electrons. The molecule has 0 N–H and O–H groups in total. The molecule has 1 saturated heterocycles. The van der Waals surface area contributed by atoms with Gasteiger partial charge in [-0.05, 0) is 18.2 Å². The second-order valence-corrected chi connectivity index (χ2v) is 9.19. The van der Waals surface area contributed by atoms with Crippen LogP contribution in [0.4, 0.5) is 0 Å². The maximum absolute atomic E-state index is 12.3. The van der Waals surface area contributed by atoms with Gasteiger partial charge < -0.3 is 0 Å². The number of hydrogen-bond donors (Lipinski definition) is 0. The summed E-state index contributed by atoms with van der Waals surface area (Å²) in [4.78, 5) is 0.0150. The smallest absolute Gasteiger partial charge is 0.229 e. The first-order chi connectivity index (χ1) is 8.72. The first kappa shape index (κ1) is 15.1. The zero-order valence-electron chi connectivity index (χ0n) is 9.71. The second-order valence-electron chi connectivity index (χ2n) is 4.13. The molecule has 19 heavy (non-hydrogen) atoms. The number of sulfonamides is 1. The molecule has 1 aromatic rings. The predicted octanol–water partition coefficient (Wildman–Crippen LogP) is 1.41. The van der Waals surface area contributed by atoms with Gasteiger partial charge in [0.2, 0.25) is 10.0 Å². The van der Waals surface area contributed by atoms with Crippen molar-refractivity contribution in [2.24, 2.45) is 0 Å². The lowest BCUT2D eigenvalue weighted by molar-refractivity contribution is 0.431. The third-order valence-electron chi connectivity index (χ3n) is 2.83. The molecule has 1 heterocycles. The quantitative estimate of drug-likeness (QED) is 0.813. The molecule has 1 aromatic carbocycles. The predicted molar refractivity (Wildman–Crippen MR) is 73.9 cm³/mol. The van der Waals surface area contributed by atoms with E-state index in [1.807, 2.05) is 0 Å². The normalized spacial score (nSPS) is 20.3. The fourth-order valence-corrected chi connectivity index (χ4v) is 4.99. The Labute approximate surface area is 122 Å². The van der Waals surface area contributed by atoms with E-state index in [0.717, 1.165) is 4.31 Å². The summed E-state index contributed by atoms with van der Waals surface area (Å²) in [6.45, 7) is -0.0736. The number of rotatable bonds is 2. The Hall–Kier alpha value is -0.340. The van der Waals surface area contributed by atoms with Crippen LogP contribution >= 0.6 is 23.2 Å². The van der Waals surface area contributed by atoms with Crippen LogP contribution in [0, 0.1) is 0 Å². The number of benzene rings is 1. The minimum atomic E-state index is -3.73. The molecule has 0 atom stereocenters. The summed E-state index contributed by atoms with van der Waals surface area (Å²) in [7, 11) is -6.85. The highest BCUT2D eigenvalue weighted by molar-refractivity contribution is 7.92. The lowest BCUT2D eigenvalue weighted by Gasteiger charge is -2.26. The third-order valence-corrected chi connectivity index (χ3v) is 7.08. The summed E-state index contributed by atoms with van der Waals surface area (Å²) < 4.78 is 48.3. The van der Waals surface area contributed by atoms with Crippen molar-refractivity contribution in [3.05, 3.63) is 28.2 Å². The van der Waals surface area contributed by atoms with E-state index in [2.05, 4.69) is 0 Å². The molecule has 0 spiro atoms. The molecule has 1 aliphatic heterocycles. The van der Waals surface area contributed by atoms with E-state index in [0.29, 0.717) is 0 Å². The van der Waals surface area contributed by atoms with E-state index in [1.165, 1.54) is 18.2 Å². The van der Waals surface area contributed by atoms with Crippen molar-refractivity contribution in [2.45, 2.75) is 4.90 Å². The Kier molecular flexibility index (Phi) is 4.13. The number of hydrogen-bond acceptors (Lipinski definition) is 4. The fourth-order valence-electron chi connectivity index (χ4n) is 1.72. The summed E-state index contributed by atoms with van der Waals surface area (Å²) in [5.74, 6) is -0.318. The van der Waals surface area contributed by atoms with Crippen molar-refractivity contribution < 1.29 is 16.8 Å². The van der Waals surface area contributed by atoms with Crippen LogP contribution < -0.4 is 0 Å². The largest absolute Gasteiger partial charge is 0.243 e. The van der Waals surface area contributed by atoms with Crippen molar-refractivity contribution in [3.63, 3.8) is 0 Å². The summed E-state index contributed by atoms with van der Waals surface area (Å²) >= 11 is 11.5. The van der Waals surface area contributed by atoms with Crippen LogP contribution in [0.3, 0.4) is 0 Å². The maximum atomic E-state index is 12.3. The molecule has 9 heteroatoms. The minimum absolute atomic E-state index is 0.0150. The highest BCUT2D eigenvalue weighted by Crippen LogP contribution is 2.27. The maximum Gasteiger partial charge on any atom is 0.243 e. The van der Waals surface area contributed by atoms with Crippen LogP contribution in [0.15, 0.2) is 23.1 Å². The van der Waals surface area contributed by atoms with Crippen molar-refractivity contribution in [1.82, 2.24) is 4.31 Å². The Balaban J connectivity index is 2.30. The van der Waals surface area contributed by atoms with Gasteiger partial charge in [-0.15, -0.1) is 0 Å². The van der Waals surface area contributed by atoms with Gasteiger partial charge in [-0.3, -0.25) is 0 Å². The van der Waals surface area contributed by atoms with Crippen molar-refractivity contribution >= 4 is 43.1 Å². The standard InChI is InChI=1S/C10H11Cl2NO4S2/c11-9-2-1-8(7-10(9)12)19(16,17)13-3-5-18(14,15)6-4-13/h1-2,7H,3-6H2. The first-order valence-corrected chi connectivity index (χ1v) is 9.40. The Bertz CT molecular complexity index is 686. The molecule has 0 unspecified atom stereocenters. The molecule has 0 saturated carbocycles. The van der Waals surface area contributed by atoms with Gasteiger partial charge >= 0.3 is 0 Å². The van der Waals surface area contributed by atoms with E-state index >= 15 is 0 Å². The lowest BCUT2D eigenvalue weighted by atomic mass is 10.4. The van der Waals surface area contributed by atoms with Gasteiger partial charge in [0.05, 0.1) is 26.4 Å². The van der Waals surface area contributed by atoms with Crippen LogP contribution in [0.1, 0.15) is 0 Å². The molecular weight excluding hydrogens is 333 g/mol. The van der Waals surface area contributed by atoms with Gasteiger partial charge in [0, 0.05) is 13.1 Å². The summed E-state index contributed by atoms with van der Waals surface area (Å²) in [5.41, 5.74) is 0. The van der Waals surface area contributed by atoms with Crippen LogP contribution in [0.5, 0.6) is 0 Å². The van der Waals surface area contributed by atoms with Crippen molar-refractivity contribution in [2.75, 3.05) is 24.6 Å². The molecule has 2 rings (SSSR count). The summed E-state index contributed by atoms with van der Waals surface area (Å²) in [6.07, 6.45) is 0. The Morgan fingerprint density at radius 1 is 1.05 bits per heavy atom. The molecule has 5 nitrogen and oxygen atoms in total. The zero-order chi connectivity index (χ0) is 14.3. The molecule has 0 amide bonds. The lowest BCUT2D eigenvalue weighted by Crippen LogP contribution is -2.43. The van der Waals surface area contributed by atoms with Gasteiger partial charge in [0.1, 0.15) is 0 Å². The Morgan fingerprint density at radius 3 is 2.16 bits per heavy atom. The fraction of sp³-hybridized carbons (Fsp3) is 0.400. The van der Waals surface area contributed by atoms with E-state index in [9.17, 15) is 16.8 Å². The van der Waals surface area contributed by atoms with Gasteiger partial charge in [-0.1, -0.05) is 23.2 Å². The van der Waals surface area contributed by atoms with Gasteiger partial charge in [0.15, 0.2) is 9.84 Å². The molecular formula is C10H11Cl2NO4S2. The van der Waals surface area contributed by atoms with Gasteiger partial charge in [0.25, 0.3) is 0 Å². The van der Waals surface area contributed by atoms with E-state index < -0.39 is 19.9 Å². The average Bonchev–Trinajstić information content (AvgIpc) is 2.32. The monoisotopic (exact) mass is 343 g/mol. The zero-order valence-corrected chi connectivity index (χ0v) is 12.9. The summed E-state index contributed by atoms with van der Waals surface area (Å²) in [5, 5.41) is 0.411. The van der Waals surface area contributed by atoms with Crippen LogP contribution in [0.25, 0.3) is 0 Å². The van der Waals surface area contributed by atoms with Crippen LogP contribution in [0.2, 0.25) is 10.0 Å². The van der Waals surface area contributed by atoms with E-state index in [-0.39, 0.29) is 39.5 Å². The molecule has 106 valence electrons. The average molecular weight is 344 g/mol. The van der Waals surface area contributed by atoms with Gasteiger partial charge in [-0.2, -0.15) is 4.31 Å². The number of halogens is 2. The van der Waals surface area contributed by atoms with E-state index in [4.69, 9.17) is 23.2 Å². The number of sulfone groups is 1. The highest BCUT2D eigenvalue weighted by Gasteiger charge is 2.31. The van der Waals surface area contributed by atoms with Crippen LogP contribution in [-0.2, 0) is 19.9 Å². The van der Waals surface area contributed by atoms with Gasteiger partial charge in [-0.25, -0.2) is 16.8 Å². The van der Waals surface area contributed by atoms with Crippen LogP contribution in [-0.4, -0.2) is 45.7 Å². The second kappa shape index (κ2) is 5.21. The van der Waals surface area contributed by atoms with Crippen molar-refractivity contribution in [1.29, 1.82) is 0 Å². The topological polar surface area (TPSA) is 71.5 Å². The van der Waals surface area contributed by atoms with E-state index in [1.54, 1.807) is 0 Å². The molecule has 0 aromatic heterocycles. The highest BCUT2D eigenvalue weighted by atomic mass is 35.5. The minimum Gasteiger partial charge on any atom is -0.229 e.